The minimum absolute atomic E-state index is 0.0300. The van der Waals surface area contributed by atoms with E-state index in [-0.39, 0.29) is 48.8 Å². The number of nitrogens with zero attached hydrogens (tertiary/aromatic N) is 1. The fourth-order valence-electron chi connectivity index (χ4n) is 7.04. The van der Waals surface area contributed by atoms with Gasteiger partial charge in [0.1, 0.15) is 23.7 Å². The molecule has 1 saturated heterocycles. The highest BCUT2D eigenvalue weighted by molar-refractivity contribution is 6.38. The molecule has 6 atom stereocenters. The molecule has 2 unspecified atom stereocenters. The van der Waals surface area contributed by atoms with Crippen LogP contribution in [0.5, 0.6) is 0 Å². The molecule has 2 rings (SSSR count). The Labute approximate surface area is 305 Å². The van der Waals surface area contributed by atoms with Crippen molar-refractivity contribution in [2.75, 3.05) is 13.1 Å². The Kier molecular flexibility index (Phi) is 16.5. The lowest BCUT2D eigenvalue weighted by atomic mass is 9.77. The van der Waals surface area contributed by atoms with Gasteiger partial charge in [0, 0.05) is 44.3 Å². The van der Waals surface area contributed by atoms with E-state index in [1.807, 2.05) is 62.3 Å². The number of hydrogen-bond acceptors (Lipinski definition) is 7. The summed E-state index contributed by atoms with van der Waals surface area (Å²) in [5, 5.41) is 11.3. The Hall–Kier alpha value is -3.57. The number of amides is 5. The van der Waals surface area contributed by atoms with E-state index < -0.39 is 64.5 Å². The van der Waals surface area contributed by atoms with E-state index in [2.05, 4.69) is 27.8 Å². The normalized spacial score (nSPS) is 21.9. The zero-order valence-electron chi connectivity index (χ0n) is 32.6. The molecule has 288 valence electrons. The fraction of sp³-hybridized carbons (Fsp3) is 0.769. The first-order chi connectivity index (χ1) is 23.7. The van der Waals surface area contributed by atoms with Gasteiger partial charge < -0.3 is 26.2 Å². The van der Waals surface area contributed by atoms with Crippen LogP contribution in [0, 0.1) is 28.6 Å². The first-order valence-electron chi connectivity index (χ1n) is 18.9. The van der Waals surface area contributed by atoms with Crippen LogP contribution < -0.4 is 21.3 Å². The van der Waals surface area contributed by atoms with Crippen molar-refractivity contribution >= 4 is 41.1 Å². The topological polar surface area (TPSA) is 171 Å². The van der Waals surface area contributed by atoms with E-state index >= 15 is 0 Å². The maximum Gasteiger partial charge on any atom is 0.315 e. The summed E-state index contributed by atoms with van der Waals surface area (Å²) in [6.45, 7) is 21.3. The molecule has 12 nitrogen and oxygen atoms in total. The van der Waals surface area contributed by atoms with Crippen LogP contribution in [-0.2, 0) is 28.8 Å². The second kappa shape index (κ2) is 19.3. The number of unbranched alkanes of at least 4 members (excludes halogenated alkanes) is 1. The standard InChI is InChI=1S/C39H65N5O7/c1-11-13-16-28(32(47)35(49)40-21-12-2)41-34(48)31-27(24(3)4)20-22-44(31)36(50)33(39(8,9)10)43-37(51)42-30(38(5,6)7)23-25-18-19-26(45)15-14-17-29(25)46/h12,24-25,27-28,30-31,33H,2,11,13-23H2,1,3-10H3,(H,40,49)(H,41,48)(H2,42,43,51)/t25?,27-,28?,30-,31+,33-/m1/s1. The zero-order chi connectivity index (χ0) is 38.7. The largest absolute Gasteiger partial charge is 0.346 e. The average molecular weight is 716 g/mol. The molecule has 0 aromatic heterocycles. The van der Waals surface area contributed by atoms with Crippen LogP contribution >= 0.6 is 0 Å². The van der Waals surface area contributed by atoms with Gasteiger partial charge in [0.2, 0.25) is 17.6 Å². The molecule has 0 aromatic rings. The molecule has 4 N–H and O–H groups in total. The Balaban J connectivity index is 2.33. The number of Topliss-reactive ketones (excluding diaryl/α,β-unsaturated/α-hetero) is 3. The maximum atomic E-state index is 14.5. The van der Waals surface area contributed by atoms with Crippen molar-refractivity contribution in [3.8, 4) is 0 Å². The molecule has 5 amide bonds. The molecule has 1 saturated carbocycles. The summed E-state index contributed by atoms with van der Waals surface area (Å²) in [5.74, 6) is -2.74. The van der Waals surface area contributed by atoms with Gasteiger partial charge in [0.15, 0.2) is 0 Å². The van der Waals surface area contributed by atoms with Gasteiger partial charge in [-0.25, -0.2) is 4.79 Å². The molecule has 2 fully saturated rings. The van der Waals surface area contributed by atoms with E-state index in [1.54, 1.807) is 0 Å². The number of carbonyl (C=O) groups is 7. The third-order valence-corrected chi connectivity index (χ3v) is 10.3. The Bertz CT molecular complexity index is 1280. The number of likely N-dealkylation sites (tertiary alicyclic amines) is 1. The summed E-state index contributed by atoms with van der Waals surface area (Å²) in [6.07, 6.45) is 6.16. The van der Waals surface area contributed by atoms with E-state index in [4.69, 9.17) is 0 Å². The number of ketones is 3. The zero-order valence-corrected chi connectivity index (χ0v) is 32.6. The molecule has 0 spiro atoms. The van der Waals surface area contributed by atoms with Crippen LogP contribution in [0.4, 0.5) is 4.79 Å². The van der Waals surface area contributed by atoms with Crippen molar-refractivity contribution in [2.24, 2.45) is 28.6 Å². The highest BCUT2D eigenvalue weighted by Crippen LogP contribution is 2.34. The first kappa shape index (κ1) is 43.6. The Morgan fingerprint density at radius 1 is 0.922 bits per heavy atom. The summed E-state index contributed by atoms with van der Waals surface area (Å²) >= 11 is 0. The van der Waals surface area contributed by atoms with Gasteiger partial charge in [0.25, 0.3) is 5.91 Å². The third kappa shape index (κ3) is 12.9. The highest BCUT2D eigenvalue weighted by Gasteiger charge is 2.48. The van der Waals surface area contributed by atoms with Gasteiger partial charge in [-0.2, -0.15) is 0 Å². The molecular weight excluding hydrogens is 650 g/mol. The fourth-order valence-corrected chi connectivity index (χ4v) is 7.04. The molecule has 1 aliphatic heterocycles. The Morgan fingerprint density at radius 2 is 1.59 bits per heavy atom. The van der Waals surface area contributed by atoms with Crippen LogP contribution in [0.25, 0.3) is 0 Å². The minimum atomic E-state index is -1.05. The van der Waals surface area contributed by atoms with Gasteiger partial charge in [-0.15, -0.1) is 6.58 Å². The van der Waals surface area contributed by atoms with E-state index in [0.717, 1.165) is 6.42 Å². The van der Waals surface area contributed by atoms with Crippen LogP contribution in [0.2, 0.25) is 0 Å². The van der Waals surface area contributed by atoms with E-state index in [1.165, 1.54) is 11.0 Å². The third-order valence-electron chi connectivity index (χ3n) is 10.3. The van der Waals surface area contributed by atoms with Crippen LogP contribution in [-0.4, -0.2) is 83.3 Å². The lowest BCUT2D eigenvalue weighted by Gasteiger charge is -2.38. The van der Waals surface area contributed by atoms with Crippen LogP contribution in [0.1, 0.15) is 127 Å². The van der Waals surface area contributed by atoms with Crippen molar-refractivity contribution in [3.05, 3.63) is 12.7 Å². The maximum absolute atomic E-state index is 14.5. The summed E-state index contributed by atoms with van der Waals surface area (Å²) in [7, 11) is 0. The van der Waals surface area contributed by atoms with Crippen molar-refractivity contribution in [2.45, 2.75) is 151 Å². The predicted octanol–water partition coefficient (Wildman–Crippen LogP) is 4.64. The lowest BCUT2D eigenvalue weighted by Crippen LogP contribution is -2.62. The molecular formula is C39H65N5O7. The first-order valence-corrected chi connectivity index (χ1v) is 18.9. The lowest BCUT2D eigenvalue weighted by molar-refractivity contribution is -0.144. The van der Waals surface area contributed by atoms with Gasteiger partial charge in [-0.1, -0.05) is 81.2 Å². The van der Waals surface area contributed by atoms with Gasteiger partial charge in [-0.05, 0) is 54.8 Å². The second-order valence-corrected chi connectivity index (χ2v) is 16.9. The molecule has 1 aliphatic carbocycles. The predicted molar refractivity (Wildman–Crippen MR) is 197 cm³/mol. The summed E-state index contributed by atoms with van der Waals surface area (Å²) in [4.78, 5) is 94.6. The summed E-state index contributed by atoms with van der Waals surface area (Å²) in [5.41, 5.74) is -1.18. The van der Waals surface area contributed by atoms with E-state index in [0.29, 0.717) is 51.4 Å². The molecule has 0 radical (unpaired) electrons. The SMILES string of the molecule is C=CCNC(=O)C(=O)C(CCCC)NC(=O)[C@@H]1[C@@H](C(C)C)CCN1C(=O)[C@@H](NC(=O)N[C@H](CC1CCC(=O)CCCC1=O)C(C)(C)C)C(C)(C)C. The smallest absolute Gasteiger partial charge is 0.315 e. The van der Waals surface area contributed by atoms with Gasteiger partial charge in [-0.3, -0.25) is 28.8 Å². The molecule has 12 heteroatoms. The molecule has 0 bridgehead atoms. The van der Waals surface area contributed by atoms with Crippen molar-refractivity contribution < 1.29 is 33.6 Å². The van der Waals surface area contributed by atoms with Crippen LogP contribution in [0.15, 0.2) is 12.7 Å². The number of rotatable bonds is 15. The van der Waals surface area contributed by atoms with E-state index in [9.17, 15) is 33.6 Å². The number of carbonyl (C=O) groups excluding carboxylic acids is 7. The van der Waals surface area contributed by atoms with Crippen LogP contribution in [0.3, 0.4) is 0 Å². The molecule has 1 heterocycles. The number of hydrogen-bond donors (Lipinski definition) is 4. The molecule has 2 aliphatic rings. The van der Waals surface area contributed by atoms with Gasteiger partial charge in [0.05, 0.1) is 6.04 Å². The van der Waals surface area contributed by atoms with Crippen molar-refractivity contribution in [1.82, 2.24) is 26.2 Å². The quantitative estimate of drug-likeness (QED) is 0.141. The summed E-state index contributed by atoms with van der Waals surface area (Å²) < 4.78 is 0. The number of nitrogens with one attached hydrogen (secondary N) is 4. The molecule has 51 heavy (non-hydrogen) atoms. The monoisotopic (exact) mass is 715 g/mol. The summed E-state index contributed by atoms with van der Waals surface area (Å²) in [6, 6.07) is -3.95. The highest BCUT2D eigenvalue weighted by atomic mass is 16.2. The van der Waals surface area contributed by atoms with Crippen molar-refractivity contribution in [3.63, 3.8) is 0 Å². The second-order valence-electron chi connectivity index (χ2n) is 16.9. The molecule has 0 aromatic carbocycles. The number of urea groups is 1. The van der Waals surface area contributed by atoms with Gasteiger partial charge >= 0.3 is 6.03 Å². The Morgan fingerprint density at radius 3 is 2.16 bits per heavy atom. The minimum Gasteiger partial charge on any atom is -0.346 e. The van der Waals surface area contributed by atoms with Crippen molar-refractivity contribution in [1.29, 1.82) is 0 Å². The average Bonchev–Trinajstić information content (AvgIpc) is 3.49.